The maximum Gasteiger partial charge on any atom is 0.409 e. The number of ketones is 1. The smallest absolute Gasteiger partial charge is 0.409 e. The molecule has 6 heteroatoms. The van der Waals surface area contributed by atoms with Gasteiger partial charge in [0.15, 0.2) is 0 Å². The Hall–Kier alpha value is -1.14. The predicted molar refractivity (Wildman–Crippen MR) is 113 cm³/mol. The van der Waals surface area contributed by atoms with E-state index < -0.39 is 0 Å². The molecule has 3 heterocycles. The van der Waals surface area contributed by atoms with E-state index in [0.29, 0.717) is 36.3 Å². The normalized spacial score (nSPS) is 34.3. The van der Waals surface area contributed by atoms with Crippen LogP contribution < -0.4 is 0 Å². The average molecular weight is 406 g/mol. The molecule has 1 aliphatic carbocycles. The molecule has 1 saturated carbocycles. The van der Waals surface area contributed by atoms with Gasteiger partial charge in [0.1, 0.15) is 5.78 Å². The summed E-state index contributed by atoms with van der Waals surface area (Å²) >= 11 is 0. The predicted octanol–water partition coefficient (Wildman–Crippen LogP) is 3.30. The quantitative estimate of drug-likeness (QED) is 0.702. The highest BCUT2D eigenvalue weighted by Crippen LogP contribution is 2.50. The van der Waals surface area contributed by atoms with Gasteiger partial charge in [0.05, 0.1) is 12.6 Å². The van der Waals surface area contributed by atoms with Gasteiger partial charge in [-0.05, 0) is 76.9 Å². The largest absolute Gasteiger partial charge is 0.450 e. The SMILES string of the molecule is CCOC(=O)N1CCC2(CC(N3CCC(N4CCCCC4C(=O)CC)CC3)C2)C1. The van der Waals surface area contributed by atoms with Crippen molar-refractivity contribution in [3.63, 3.8) is 0 Å². The van der Waals surface area contributed by atoms with Gasteiger partial charge in [-0.3, -0.25) is 9.69 Å². The molecule has 0 bridgehead atoms. The molecule has 0 radical (unpaired) electrons. The van der Waals surface area contributed by atoms with Gasteiger partial charge in [0.25, 0.3) is 0 Å². The Kier molecular flexibility index (Phi) is 6.50. The Morgan fingerprint density at radius 2 is 1.72 bits per heavy atom. The summed E-state index contributed by atoms with van der Waals surface area (Å²) in [5.41, 5.74) is 0.347. The zero-order chi connectivity index (χ0) is 20.4. The number of nitrogens with zero attached hydrogens (tertiary/aromatic N) is 3. The highest BCUT2D eigenvalue weighted by Gasteiger charge is 2.51. The molecular formula is C23H39N3O3. The minimum atomic E-state index is -0.133. The molecule has 4 rings (SSSR count). The highest BCUT2D eigenvalue weighted by atomic mass is 16.6. The lowest BCUT2D eigenvalue weighted by molar-refractivity contribution is -0.127. The van der Waals surface area contributed by atoms with E-state index in [0.717, 1.165) is 45.6 Å². The fraction of sp³-hybridized carbons (Fsp3) is 0.913. The van der Waals surface area contributed by atoms with Crippen LogP contribution in [-0.2, 0) is 9.53 Å². The Morgan fingerprint density at radius 1 is 0.966 bits per heavy atom. The molecule has 0 aromatic rings. The monoisotopic (exact) mass is 405 g/mol. The van der Waals surface area contributed by atoms with Gasteiger partial charge in [-0.2, -0.15) is 0 Å². The van der Waals surface area contributed by atoms with E-state index in [-0.39, 0.29) is 12.1 Å². The van der Waals surface area contributed by atoms with Crippen molar-refractivity contribution in [3.8, 4) is 0 Å². The lowest BCUT2D eigenvalue weighted by Gasteiger charge is -2.53. The fourth-order valence-electron chi connectivity index (χ4n) is 6.39. The molecule has 0 aromatic carbocycles. The summed E-state index contributed by atoms with van der Waals surface area (Å²) in [6.45, 7) is 9.52. The zero-order valence-electron chi connectivity index (χ0n) is 18.4. The second-order valence-corrected chi connectivity index (χ2v) is 9.77. The lowest BCUT2D eigenvalue weighted by atomic mass is 9.64. The fourth-order valence-corrected chi connectivity index (χ4v) is 6.39. The van der Waals surface area contributed by atoms with Crippen LogP contribution in [0.3, 0.4) is 0 Å². The van der Waals surface area contributed by atoms with Gasteiger partial charge in [-0.25, -0.2) is 4.79 Å². The number of hydrogen-bond donors (Lipinski definition) is 0. The molecule has 29 heavy (non-hydrogen) atoms. The van der Waals surface area contributed by atoms with Crippen LogP contribution in [0.15, 0.2) is 0 Å². The Balaban J connectivity index is 1.24. The van der Waals surface area contributed by atoms with Crippen LogP contribution in [0.2, 0.25) is 0 Å². The minimum absolute atomic E-state index is 0.133. The number of Topliss-reactive ketones (excluding diaryl/α,β-unsaturated/α-hetero) is 1. The number of ether oxygens (including phenoxy) is 1. The number of piperidine rings is 2. The minimum Gasteiger partial charge on any atom is -0.450 e. The highest BCUT2D eigenvalue weighted by molar-refractivity contribution is 5.83. The van der Waals surface area contributed by atoms with E-state index in [1.807, 2.05) is 18.7 Å². The topological polar surface area (TPSA) is 53.1 Å². The van der Waals surface area contributed by atoms with E-state index in [2.05, 4.69) is 9.80 Å². The first kappa shape index (κ1) is 21.1. The van der Waals surface area contributed by atoms with Crippen molar-refractivity contribution in [2.24, 2.45) is 5.41 Å². The lowest BCUT2D eigenvalue weighted by Crippen LogP contribution is -2.58. The first-order valence-corrected chi connectivity index (χ1v) is 12.0. The second-order valence-electron chi connectivity index (χ2n) is 9.77. The van der Waals surface area contributed by atoms with Crippen LogP contribution in [0.1, 0.15) is 71.6 Å². The summed E-state index contributed by atoms with van der Waals surface area (Å²) in [5, 5.41) is 0. The molecular weight excluding hydrogens is 366 g/mol. The van der Waals surface area contributed by atoms with Crippen molar-refractivity contribution in [2.45, 2.75) is 89.8 Å². The Morgan fingerprint density at radius 3 is 2.41 bits per heavy atom. The maximum atomic E-state index is 12.4. The van der Waals surface area contributed by atoms with Crippen LogP contribution in [0.4, 0.5) is 4.79 Å². The van der Waals surface area contributed by atoms with Crippen LogP contribution in [0.5, 0.6) is 0 Å². The van der Waals surface area contributed by atoms with Gasteiger partial charge in [-0.1, -0.05) is 13.3 Å². The third-order valence-corrected chi connectivity index (χ3v) is 8.05. The number of carbonyl (C=O) groups is 2. The molecule has 3 saturated heterocycles. The van der Waals surface area contributed by atoms with Crippen LogP contribution in [-0.4, -0.2) is 84.0 Å². The van der Waals surface area contributed by atoms with Crippen LogP contribution in [0.25, 0.3) is 0 Å². The Labute approximate surface area is 175 Å². The first-order chi connectivity index (χ1) is 14.0. The zero-order valence-corrected chi connectivity index (χ0v) is 18.4. The van der Waals surface area contributed by atoms with Gasteiger partial charge < -0.3 is 14.5 Å². The number of rotatable bonds is 5. The number of carbonyl (C=O) groups excluding carboxylic acids is 2. The summed E-state index contributed by atoms with van der Waals surface area (Å²) in [4.78, 5) is 31.6. The summed E-state index contributed by atoms with van der Waals surface area (Å²) in [6.07, 6.45) is 10.1. The standard InChI is InChI=1S/C23H39N3O3/c1-3-21(27)20-7-5-6-11-26(20)18-8-12-24(13-9-18)19-15-23(16-19)10-14-25(17-23)22(28)29-4-2/h18-20H,3-17H2,1-2H3. The summed E-state index contributed by atoms with van der Waals surface area (Å²) in [6, 6.07) is 1.46. The molecule has 164 valence electrons. The van der Waals surface area contributed by atoms with Gasteiger partial charge in [0.2, 0.25) is 0 Å². The van der Waals surface area contributed by atoms with Gasteiger partial charge in [-0.15, -0.1) is 0 Å². The summed E-state index contributed by atoms with van der Waals surface area (Å²) in [7, 11) is 0. The van der Waals surface area contributed by atoms with E-state index >= 15 is 0 Å². The van der Waals surface area contributed by atoms with Crippen molar-refractivity contribution in [2.75, 3.05) is 39.3 Å². The molecule has 4 fully saturated rings. The summed E-state index contributed by atoms with van der Waals surface area (Å²) in [5.74, 6) is 0.445. The molecule has 1 atom stereocenters. The third-order valence-electron chi connectivity index (χ3n) is 8.05. The maximum absolute atomic E-state index is 12.4. The molecule has 1 amide bonds. The van der Waals surface area contributed by atoms with E-state index in [1.54, 1.807) is 0 Å². The van der Waals surface area contributed by atoms with E-state index in [1.165, 1.54) is 38.5 Å². The molecule has 1 spiro atoms. The third kappa shape index (κ3) is 4.34. The van der Waals surface area contributed by atoms with E-state index in [9.17, 15) is 9.59 Å². The Bertz CT molecular complexity index is 596. The molecule has 6 nitrogen and oxygen atoms in total. The molecule has 0 aromatic heterocycles. The number of likely N-dealkylation sites (tertiary alicyclic amines) is 3. The second kappa shape index (κ2) is 8.93. The van der Waals surface area contributed by atoms with Crippen molar-refractivity contribution in [1.29, 1.82) is 0 Å². The van der Waals surface area contributed by atoms with Crippen LogP contribution in [0, 0.1) is 5.41 Å². The molecule has 4 aliphatic rings. The van der Waals surface area contributed by atoms with Crippen LogP contribution >= 0.6 is 0 Å². The average Bonchev–Trinajstić information content (AvgIpc) is 3.19. The van der Waals surface area contributed by atoms with Gasteiger partial charge >= 0.3 is 6.09 Å². The molecule has 3 aliphatic heterocycles. The van der Waals surface area contributed by atoms with Crippen molar-refractivity contribution < 1.29 is 14.3 Å². The molecule has 1 unspecified atom stereocenters. The number of hydrogen-bond acceptors (Lipinski definition) is 5. The number of amides is 1. The van der Waals surface area contributed by atoms with Gasteiger partial charge in [0, 0.05) is 31.6 Å². The molecule has 0 N–H and O–H groups in total. The van der Waals surface area contributed by atoms with Crippen molar-refractivity contribution in [1.82, 2.24) is 14.7 Å². The first-order valence-electron chi connectivity index (χ1n) is 12.0. The summed E-state index contributed by atoms with van der Waals surface area (Å²) < 4.78 is 5.18. The van der Waals surface area contributed by atoms with E-state index in [4.69, 9.17) is 4.74 Å². The van der Waals surface area contributed by atoms with Crippen molar-refractivity contribution in [3.05, 3.63) is 0 Å². The van der Waals surface area contributed by atoms with Crippen molar-refractivity contribution >= 4 is 11.9 Å².